The number of urea groups is 1. The number of hydrogen-bond donors (Lipinski definition) is 2. The van der Waals surface area contributed by atoms with Gasteiger partial charge in [0, 0.05) is 18.8 Å². The van der Waals surface area contributed by atoms with Crippen LogP contribution in [0.25, 0.3) is 0 Å². The number of carbonyl (C=O) groups excluding carboxylic acids is 1. The van der Waals surface area contributed by atoms with Gasteiger partial charge in [-0.25, -0.2) is 4.79 Å². The van der Waals surface area contributed by atoms with Crippen LogP contribution in [0.4, 0.5) is 10.5 Å². The normalized spacial score (nSPS) is 18.2. The predicted octanol–water partition coefficient (Wildman–Crippen LogP) is 3.37. The molecule has 1 fully saturated rings. The van der Waals surface area contributed by atoms with Crippen molar-refractivity contribution in [2.75, 3.05) is 18.4 Å². The van der Waals surface area contributed by atoms with Crippen molar-refractivity contribution >= 4 is 34.9 Å². The van der Waals surface area contributed by atoms with Gasteiger partial charge in [-0.15, -0.1) is 0 Å². The Morgan fingerprint density at radius 1 is 1.32 bits per heavy atom. The standard InChI is InChI=1S/C13H16Cl2N2O2/c1-13(19)4-6-17(7-5-13)12(18)16-9-2-3-10(14)11(15)8-9/h2-3,8,19H,4-7H2,1H3,(H,16,18). The van der Waals surface area contributed by atoms with Gasteiger partial charge in [-0.1, -0.05) is 23.2 Å². The third-order valence-corrected chi connectivity index (χ3v) is 4.04. The lowest BCUT2D eigenvalue weighted by Gasteiger charge is -2.35. The van der Waals surface area contributed by atoms with E-state index in [1.165, 1.54) is 0 Å². The number of aliphatic hydroxyl groups is 1. The van der Waals surface area contributed by atoms with Gasteiger partial charge in [-0.2, -0.15) is 0 Å². The monoisotopic (exact) mass is 302 g/mol. The zero-order valence-corrected chi connectivity index (χ0v) is 12.1. The highest BCUT2D eigenvalue weighted by Gasteiger charge is 2.29. The molecule has 0 aliphatic carbocycles. The number of rotatable bonds is 1. The number of likely N-dealkylation sites (tertiary alicyclic amines) is 1. The van der Waals surface area contributed by atoms with Crippen LogP contribution in [0.1, 0.15) is 19.8 Å². The van der Waals surface area contributed by atoms with Crippen molar-refractivity contribution in [1.29, 1.82) is 0 Å². The third-order valence-electron chi connectivity index (χ3n) is 3.30. The largest absolute Gasteiger partial charge is 0.390 e. The van der Waals surface area contributed by atoms with Crippen LogP contribution in [0.3, 0.4) is 0 Å². The lowest BCUT2D eigenvalue weighted by Crippen LogP contribution is -2.46. The van der Waals surface area contributed by atoms with Crippen LogP contribution in [0, 0.1) is 0 Å². The summed E-state index contributed by atoms with van der Waals surface area (Å²) in [5, 5.41) is 13.5. The van der Waals surface area contributed by atoms with Crippen LogP contribution in [0.5, 0.6) is 0 Å². The maximum absolute atomic E-state index is 12.0. The van der Waals surface area contributed by atoms with E-state index in [1.54, 1.807) is 30.0 Å². The highest BCUT2D eigenvalue weighted by Crippen LogP contribution is 2.26. The summed E-state index contributed by atoms with van der Waals surface area (Å²) < 4.78 is 0. The van der Waals surface area contributed by atoms with Crippen molar-refractivity contribution in [1.82, 2.24) is 4.90 Å². The molecule has 1 aliphatic heterocycles. The van der Waals surface area contributed by atoms with E-state index in [1.807, 2.05) is 0 Å². The number of piperidine rings is 1. The number of hydrogen-bond acceptors (Lipinski definition) is 2. The number of halogens is 2. The van der Waals surface area contributed by atoms with Gasteiger partial charge in [-0.05, 0) is 38.0 Å². The molecular formula is C13H16Cl2N2O2. The quantitative estimate of drug-likeness (QED) is 0.835. The molecule has 6 heteroatoms. The first kappa shape index (κ1) is 14.4. The SMILES string of the molecule is CC1(O)CCN(C(=O)Nc2ccc(Cl)c(Cl)c2)CC1. The van der Waals surface area contributed by atoms with Gasteiger partial charge in [-0.3, -0.25) is 0 Å². The molecule has 0 radical (unpaired) electrons. The molecular weight excluding hydrogens is 287 g/mol. The molecule has 0 aromatic heterocycles. The second-order valence-electron chi connectivity index (χ2n) is 5.04. The number of benzene rings is 1. The Labute approximate surface area is 122 Å². The van der Waals surface area contributed by atoms with E-state index in [9.17, 15) is 9.90 Å². The van der Waals surface area contributed by atoms with Crippen LogP contribution in [-0.4, -0.2) is 34.7 Å². The Bertz CT molecular complexity index is 482. The molecule has 4 nitrogen and oxygen atoms in total. The van der Waals surface area contributed by atoms with E-state index in [2.05, 4.69) is 5.32 Å². The van der Waals surface area contributed by atoms with Crippen LogP contribution >= 0.6 is 23.2 Å². The molecule has 1 aliphatic rings. The van der Waals surface area contributed by atoms with Gasteiger partial charge >= 0.3 is 6.03 Å². The molecule has 1 aromatic carbocycles. The van der Waals surface area contributed by atoms with Crippen molar-refractivity contribution in [2.45, 2.75) is 25.4 Å². The summed E-state index contributed by atoms with van der Waals surface area (Å²) in [7, 11) is 0. The summed E-state index contributed by atoms with van der Waals surface area (Å²) in [5.41, 5.74) is -0.0582. The minimum Gasteiger partial charge on any atom is -0.390 e. The van der Waals surface area contributed by atoms with E-state index in [0.717, 1.165) is 0 Å². The Morgan fingerprint density at radius 2 is 1.95 bits per heavy atom. The summed E-state index contributed by atoms with van der Waals surface area (Å²) in [6, 6.07) is 4.77. The molecule has 0 bridgehead atoms. The van der Waals surface area contributed by atoms with Crippen molar-refractivity contribution < 1.29 is 9.90 Å². The van der Waals surface area contributed by atoms with Crippen LogP contribution < -0.4 is 5.32 Å². The van der Waals surface area contributed by atoms with E-state index in [0.29, 0.717) is 41.7 Å². The number of nitrogens with zero attached hydrogens (tertiary/aromatic N) is 1. The summed E-state index contributed by atoms with van der Waals surface area (Å²) in [6.07, 6.45) is 1.17. The summed E-state index contributed by atoms with van der Waals surface area (Å²) in [4.78, 5) is 13.7. The topological polar surface area (TPSA) is 52.6 Å². The Morgan fingerprint density at radius 3 is 2.53 bits per heavy atom. The van der Waals surface area contributed by atoms with Gasteiger partial charge in [0.25, 0.3) is 0 Å². The van der Waals surface area contributed by atoms with Crippen molar-refractivity contribution in [3.63, 3.8) is 0 Å². The van der Waals surface area contributed by atoms with Crippen LogP contribution in [-0.2, 0) is 0 Å². The van der Waals surface area contributed by atoms with Crippen molar-refractivity contribution in [3.8, 4) is 0 Å². The maximum Gasteiger partial charge on any atom is 0.321 e. The van der Waals surface area contributed by atoms with Gasteiger partial charge in [0.05, 0.1) is 15.6 Å². The summed E-state index contributed by atoms with van der Waals surface area (Å²) >= 11 is 11.7. The summed E-state index contributed by atoms with van der Waals surface area (Å²) in [6.45, 7) is 2.88. The van der Waals surface area contributed by atoms with Gasteiger partial charge in [0.1, 0.15) is 0 Å². The third kappa shape index (κ3) is 3.75. The molecule has 2 N–H and O–H groups in total. The fourth-order valence-electron chi connectivity index (χ4n) is 1.97. The van der Waals surface area contributed by atoms with Crippen molar-refractivity contribution in [3.05, 3.63) is 28.2 Å². The molecule has 2 rings (SSSR count). The minimum absolute atomic E-state index is 0.186. The molecule has 0 atom stereocenters. The first-order valence-corrected chi connectivity index (χ1v) is 6.86. The smallest absolute Gasteiger partial charge is 0.321 e. The second kappa shape index (κ2) is 5.57. The molecule has 1 heterocycles. The molecule has 1 aromatic rings. The molecule has 2 amide bonds. The number of nitrogens with one attached hydrogen (secondary N) is 1. The number of anilines is 1. The molecule has 0 spiro atoms. The fourth-order valence-corrected chi connectivity index (χ4v) is 2.27. The first-order valence-electron chi connectivity index (χ1n) is 6.11. The molecule has 19 heavy (non-hydrogen) atoms. The fraction of sp³-hybridized carbons (Fsp3) is 0.462. The zero-order valence-electron chi connectivity index (χ0n) is 10.6. The number of amides is 2. The minimum atomic E-state index is -0.666. The van der Waals surface area contributed by atoms with E-state index in [-0.39, 0.29) is 6.03 Å². The zero-order chi connectivity index (χ0) is 14.0. The van der Waals surface area contributed by atoms with Gasteiger partial charge < -0.3 is 15.3 Å². The van der Waals surface area contributed by atoms with Crippen LogP contribution in [0.2, 0.25) is 10.0 Å². The highest BCUT2D eigenvalue weighted by molar-refractivity contribution is 6.42. The molecule has 1 saturated heterocycles. The Hall–Kier alpha value is -0.970. The lowest BCUT2D eigenvalue weighted by atomic mass is 9.94. The highest BCUT2D eigenvalue weighted by atomic mass is 35.5. The lowest BCUT2D eigenvalue weighted by molar-refractivity contribution is 0.00570. The van der Waals surface area contributed by atoms with Crippen LogP contribution in [0.15, 0.2) is 18.2 Å². The first-order chi connectivity index (χ1) is 8.87. The predicted molar refractivity (Wildman–Crippen MR) is 76.9 cm³/mol. The molecule has 104 valence electrons. The Balaban J connectivity index is 1.96. The average Bonchev–Trinajstić information content (AvgIpc) is 2.33. The van der Waals surface area contributed by atoms with E-state index < -0.39 is 5.60 Å². The van der Waals surface area contributed by atoms with Gasteiger partial charge in [0.2, 0.25) is 0 Å². The van der Waals surface area contributed by atoms with E-state index in [4.69, 9.17) is 23.2 Å². The van der Waals surface area contributed by atoms with E-state index >= 15 is 0 Å². The Kier molecular flexibility index (Phi) is 4.23. The number of carbonyl (C=O) groups is 1. The van der Waals surface area contributed by atoms with Crippen molar-refractivity contribution in [2.24, 2.45) is 0 Å². The van der Waals surface area contributed by atoms with Gasteiger partial charge in [0.15, 0.2) is 0 Å². The maximum atomic E-state index is 12.0. The second-order valence-corrected chi connectivity index (χ2v) is 5.86. The molecule has 0 unspecified atom stereocenters. The average molecular weight is 303 g/mol. The summed E-state index contributed by atoms with van der Waals surface area (Å²) in [5.74, 6) is 0. The molecule has 0 saturated carbocycles.